The Hall–Kier alpha value is -4.44. The highest BCUT2D eigenvalue weighted by Gasteiger charge is 2.31. The summed E-state index contributed by atoms with van der Waals surface area (Å²) in [5.41, 5.74) is 1.72. The number of aliphatic hydroxyl groups excluding tert-OH is 3. The monoisotopic (exact) mass is 687 g/mol. The number of carboxylic acids is 1. The van der Waals surface area contributed by atoms with Gasteiger partial charge in [0, 0.05) is 26.2 Å². The quantitative estimate of drug-likeness (QED) is 0.0281. The molecule has 0 saturated heterocycles. The number of carbonyl (C=O) groups is 6. The van der Waals surface area contributed by atoms with Crippen LogP contribution in [0.4, 0.5) is 0 Å². The molecular weight excluding hydrogens is 642 g/mol. The van der Waals surface area contributed by atoms with Gasteiger partial charge in [0.15, 0.2) is 0 Å². The van der Waals surface area contributed by atoms with Crippen LogP contribution in [0.3, 0.4) is 0 Å². The van der Waals surface area contributed by atoms with Gasteiger partial charge in [-0.1, -0.05) is 12.1 Å². The molecule has 0 radical (unpaired) electrons. The lowest BCUT2D eigenvalue weighted by Crippen LogP contribution is -2.59. The lowest BCUT2D eigenvalue weighted by atomic mass is 10.1. The summed E-state index contributed by atoms with van der Waals surface area (Å²) in [6.07, 6.45) is -0.699. The highest BCUT2D eigenvalue weighted by Crippen LogP contribution is 2.15. The number of aromatic hydroxyl groups is 1. The third-order valence-electron chi connectivity index (χ3n) is 6.76. The van der Waals surface area contributed by atoms with Gasteiger partial charge < -0.3 is 62.5 Å². The van der Waals surface area contributed by atoms with Gasteiger partial charge in [-0.2, -0.15) is 5.06 Å². The number of nitrogens with zero attached hydrogens (tertiary/aromatic N) is 1. The lowest BCUT2D eigenvalue weighted by Gasteiger charge is -2.26. The maximum atomic E-state index is 13.4. The third kappa shape index (κ3) is 15.4. The number of carboxylic acid groups (broad SMARTS) is 1. The van der Waals surface area contributed by atoms with Crippen LogP contribution in [0.2, 0.25) is 0 Å². The highest BCUT2D eigenvalue weighted by molar-refractivity contribution is 6.00. The molecule has 0 aliphatic heterocycles. The molecule has 0 aliphatic rings. The fraction of sp³-hybridized carbons (Fsp3) is 0.571. The zero-order valence-electron chi connectivity index (χ0n) is 26.1. The van der Waals surface area contributed by atoms with Crippen LogP contribution in [0.25, 0.3) is 0 Å². The minimum atomic E-state index is -1.59. The molecule has 0 unspecified atom stereocenters. The molecule has 1 rings (SSSR count). The van der Waals surface area contributed by atoms with Gasteiger partial charge in [0.05, 0.1) is 18.6 Å². The van der Waals surface area contributed by atoms with E-state index in [0.29, 0.717) is 5.06 Å². The van der Waals surface area contributed by atoms with Crippen molar-refractivity contribution in [2.45, 2.75) is 62.7 Å². The Kier molecular flexibility index (Phi) is 19.9. The molecule has 0 spiro atoms. The largest absolute Gasteiger partial charge is 0.507 e. The van der Waals surface area contributed by atoms with Gasteiger partial charge in [-0.3, -0.25) is 28.8 Å². The second-order valence-corrected chi connectivity index (χ2v) is 10.4. The van der Waals surface area contributed by atoms with Crippen LogP contribution < -0.4 is 32.1 Å². The van der Waals surface area contributed by atoms with E-state index < -0.39 is 79.6 Å². The SMILES string of the molecule is O=C(O)CCNC(=O)[C@@H](CCCNO)NC(=O)[C@@H](CCCN(O)CO)NC(=O)[C@H](CCO)NC(=O)[C@H](CO)NC(=O)c1ccccc1O. The Labute approximate surface area is 275 Å². The molecule has 5 amide bonds. The first-order chi connectivity index (χ1) is 22.9. The summed E-state index contributed by atoms with van der Waals surface area (Å²) in [6.45, 7) is -2.57. The van der Waals surface area contributed by atoms with Crippen LogP contribution in [-0.2, 0) is 24.0 Å². The molecule has 13 N–H and O–H groups in total. The topological polar surface area (TPSA) is 319 Å². The summed E-state index contributed by atoms with van der Waals surface area (Å²) >= 11 is 0. The number of phenolic OH excluding ortho intramolecular Hbond substituents is 1. The number of hydrogen-bond acceptors (Lipinski definition) is 14. The molecule has 4 atom stereocenters. The van der Waals surface area contributed by atoms with Gasteiger partial charge in [-0.25, -0.2) is 5.48 Å². The summed E-state index contributed by atoms with van der Waals surface area (Å²) < 4.78 is 0. The van der Waals surface area contributed by atoms with Crippen molar-refractivity contribution in [1.82, 2.24) is 37.1 Å². The van der Waals surface area contributed by atoms with Gasteiger partial charge in [-0.05, 0) is 44.2 Å². The van der Waals surface area contributed by atoms with E-state index >= 15 is 0 Å². The molecule has 0 heterocycles. The summed E-state index contributed by atoms with van der Waals surface area (Å²) in [7, 11) is 0. The molecular formula is C28H45N7O13. The van der Waals surface area contributed by atoms with Crippen molar-refractivity contribution in [2.75, 3.05) is 39.6 Å². The number of nitrogens with one attached hydrogen (secondary N) is 6. The minimum absolute atomic E-state index is 0.00792. The van der Waals surface area contributed by atoms with E-state index in [9.17, 15) is 49.3 Å². The van der Waals surface area contributed by atoms with Crippen molar-refractivity contribution >= 4 is 35.5 Å². The number of aliphatic hydroxyl groups is 3. The van der Waals surface area contributed by atoms with Crippen LogP contribution in [0.15, 0.2) is 24.3 Å². The van der Waals surface area contributed by atoms with Gasteiger partial charge in [0.25, 0.3) is 5.91 Å². The van der Waals surface area contributed by atoms with Gasteiger partial charge >= 0.3 is 5.97 Å². The number of amides is 5. The number of phenols is 1. The lowest BCUT2D eigenvalue weighted by molar-refractivity contribution is -0.143. The normalized spacial score (nSPS) is 13.5. The first-order valence-corrected chi connectivity index (χ1v) is 15.0. The Morgan fingerprint density at radius 1 is 0.729 bits per heavy atom. The van der Waals surface area contributed by atoms with Gasteiger partial charge in [0.2, 0.25) is 23.6 Å². The number of aliphatic carboxylic acids is 1. The maximum Gasteiger partial charge on any atom is 0.305 e. The average molecular weight is 688 g/mol. The molecule has 20 nitrogen and oxygen atoms in total. The predicted molar refractivity (Wildman–Crippen MR) is 163 cm³/mol. The number of para-hydroxylation sites is 1. The predicted octanol–water partition coefficient (Wildman–Crippen LogP) is -3.91. The van der Waals surface area contributed by atoms with Crippen LogP contribution in [0.5, 0.6) is 5.75 Å². The second kappa shape index (κ2) is 23.0. The van der Waals surface area contributed by atoms with Crippen LogP contribution in [0, 0.1) is 0 Å². The number of hydrogen-bond donors (Lipinski definition) is 13. The molecule has 48 heavy (non-hydrogen) atoms. The number of hydroxylamine groups is 3. The zero-order chi connectivity index (χ0) is 36.1. The van der Waals surface area contributed by atoms with Crippen molar-refractivity contribution in [3.05, 3.63) is 29.8 Å². The van der Waals surface area contributed by atoms with E-state index in [-0.39, 0.29) is 69.5 Å². The summed E-state index contributed by atoms with van der Waals surface area (Å²) in [6, 6.07) is -0.279. The van der Waals surface area contributed by atoms with Gasteiger partial charge in [0.1, 0.15) is 36.6 Å². The van der Waals surface area contributed by atoms with Crippen molar-refractivity contribution in [3.8, 4) is 5.75 Å². The smallest absolute Gasteiger partial charge is 0.305 e. The fourth-order valence-electron chi connectivity index (χ4n) is 4.20. The van der Waals surface area contributed by atoms with Crippen molar-refractivity contribution in [1.29, 1.82) is 0 Å². The third-order valence-corrected chi connectivity index (χ3v) is 6.76. The van der Waals surface area contributed by atoms with Crippen molar-refractivity contribution in [3.63, 3.8) is 0 Å². The number of rotatable bonds is 24. The summed E-state index contributed by atoms with van der Waals surface area (Å²) in [5.74, 6) is -6.09. The van der Waals surface area contributed by atoms with Crippen LogP contribution in [-0.4, -0.2) is 140 Å². The molecule has 0 aliphatic carbocycles. The first-order valence-electron chi connectivity index (χ1n) is 15.0. The van der Waals surface area contributed by atoms with E-state index in [1.54, 1.807) is 0 Å². The minimum Gasteiger partial charge on any atom is -0.507 e. The summed E-state index contributed by atoms with van der Waals surface area (Å²) in [4.78, 5) is 75.7. The standard InChI is InChI=1S/C28H45N7O13/c36-14-10-20(33-28(46)21(15-37)34-24(42)17-5-1-2-8-22(17)39)27(45)32-19(7-4-13-35(48)16-38)26(44)31-18(6-3-11-30-47)25(43)29-12-9-23(40)41/h1-2,5,8,18-21,30,36-39,47-48H,3-4,6-7,9-16H2,(H,29,43)(H,31,44)(H,32,45)(H,33,46)(H,34,42)(H,40,41)/t18-,19-,20+,21+/m1/s1. The van der Waals surface area contributed by atoms with E-state index in [0.717, 1.165) is 0 Å². The van der Waals surface area contributed by atoms with E-state index in [1.165, 1.54) is 24.3 Å². The van der Waals surface area contributed by atoms with Crippen molar-refractivity contribution in [2.24, 2.45) is 0 Å². The molecule has 0 bridgehead atoms. The van der Waals surface area contributed by atoms with E-state index in [4.69, 9.17) is 15.4 Å². The number of benzene rings is 1. The molecule has 20 heteroatoms. The maximum absolute atomic E-state index is 13.4. The van der Waals surface area contributed by atoms with Crippen molar-refractivity contribution < 1.29 is 64.7 Å². The van der Waals surface area contributed by atoms with E-state index in [1.807, 2.05) is 5.48 Å². The highest BCUT2D eigenvalue weighted by atomic mass is 16.5. The zero-order valence-corrected chi connectivity index (χ0v) is 26.1. The second-order valence-electron chi connectivity index (χ2n) is 10.4. The van der Waals surface area contributed by atoms with Crippen LogP contribution >= 0.6 is 0 Å². The molecule has 0 aromatic heterocycles. The van der Waals surface area contributed by atoms with E-state index in [2.05, 4.69) is 26.6 Å². The summed E-state index contributed by atoms with van der Waals surface area (Å²) in [5, 5.41) is 77.9. The Balaban J connectivity index is 3.11. The molecule has 270 valence electrons. The molecule has 0 fully saturated rings. The Morgan fingerprint density at radius 2 is 1.29 bits per heavy atom. The number of carbonyl (C=O) groups excluding carboxylic acids is 5. The molecule has 1 aromatic rings. The molecule has 1 aromatic carbocycles. The van der Waals surface area contributed by atoms with Gasteiger partial charge in [-0.15, -0.1) is 0 Å². The Morgan fingerprint density at radius 3 is 1.83 bits per heavy atom. The fourth-order valence-corrected chi connectivity index (χ4v) is 4.20. The Bertz CT molecular complexity index is 1210. The molecule has 0 saturated carbocycles. The van der Waals surface area contributed by atoms with Crippen LogP contribution in [0.1, 0.15) is 48.9 Å². The first kappa shape index (κ1) is 41.6. The average Bonchev–Trinajstić information content (AvgIpc) is 3.05.